The van der Waals surface area contributed by atoms with Gasteiger partial charge < -0.3 is 26.0 Å². The van der Waals surface area contributed by atoms with E-state index in [1.807, 2.05) is 40.7 Å². The fourth-order valence-corrected chi connectivity index (χ4v) is 3.34. The molecule has 0 aliphatic heterocycles. The second-order valence-corrected chi connectivity index (χ2v) is 10.4. The number of carbonyl (C=O) groups excluding carboxylic acids is 4. The van der Waals surface area contributed by atoms with Crippen LogP contribution >= 0.6 is 0 Å². The van der Waals surface area contributed by atoms with Crippen molar-refractivity contribution in [1.29, 1.82) is 0 Å². The zero-order valence-corrected chi connectivity index (χ0v) is 21.6. The van der Waals surface area contributed by atoms with E-state index in [1.165, 1.54) is 4.90 Å². The highest BCUT2D eigenvalue weighted by molar-refractivity contribution is 5.94. The molecule has 3 unspecified atom stereocenters. The van der Waals surface area contributed by atoms with Crippen molar-refractivity contribution < 1.29 is 23.9 Å². The number of ether oxygens (including phenoxy) is 1. The van der Waals surface area contributed by atoms with E-state index >= 15 is 0 Å². The van der Waals surface area contributed by atoms with Gasteiger partial charge in [-0.15, -0.1) is 0 Å². The summed E-state index contributed by atoms with van der Waals surface area (Å²) in [6, 6.07) is 6.24. The largest absolute Gasteiger partial charge is 0.444 e. The Kier molecular flexibility index (Phi) is 10.1. The van der Waals surface area contributed by atoms with Crippen molar-refractivity contribution in [3.05, 3.63) is 35.9 Å². The highest BCUT2D eigenvalue weighted by Gasteiger charge is 2.39. The van der Waals surface area contributed by atoms with Crippen molar-refractivity contribution in [2.75, 3.05) is 0 Å². The van der Waals surface area contributed by atoms with Crippen LogP contribution in [0.15, 0.2) is 30.3 Å². The summed E-state index contributed by atoms with van der Waals surface area (Å²) in [6.07, 6.45) is -0.757. The monoisotopic (exact) mass is 476 g/mol. The maximum absolute atomic E-state index is 13.8. The summed E-state index contributed by atoms with van der Waals surface area (Å²) in [5, 5.41) is 5.42. The average Bonchev–Trinajstić information content (AvgIpc) is 2.67. The number of benzene rings is 1. The zero-order chi connectivity index (χ0) is 26.3. The van der Waals surface area contributed by atoms with Gasteiger partial charge in [0.15, 0.2) is 0 Å². The topological polar surface area (TPSA) is 131 Å². The summed E-state index contributed by atoms with van der Waals surface area (Å²) < 4.78 is 5.27. The van der Waals surface area contributed by atoms with Crippen molar-refractivity contribution >= 4 is 23.8 Å². The predicted octanol–water partition coefficient (Wildman–Crippen LogP) is 3.04. The Morgan fingerprint density at radius 2 is 1.59 bits per heavy atom. The number of carbonyl (C=O) groups is 4. The zero-order valence-electron chi connectivity index (χ0n) is 21.6. The standard InChI is InChI=1S/C25H40N4O5/c1-9-16(2)29(20(17-13-11-10-12-14-17)21(31)28-24(3,4)5)22(32)18(15-19(26)30)27-23(33)34-25(6,7)8/h10-14,16,18,20H,9,15H2,1-8H3,(H2,26,30)(H,27,33)(H,28,31). The normalized spacial score (nSPS) is 14.4. The van der Waals surface area contributed by atoms with Gasteiger partial charge >= 0.3 is 6.09 Å². The summed E-state index contributed by atoms with van der Waals surface area (Å²) in [6.45, 7) is 14.3. The van der Waals surface area contributed by atoms with Crippen molar-refractivity contribution in [3.8, 4) is 0 Å². The third-order valence-electron chi connectivity index (χ3n) is 4.85. The van der Waals surface area contributed by atoms with Crippen LogP contribution in [0, 0.1) is 0 Å². The Labute approximate surface area is 202 Å². The Hall–Kier alpha value is -3.10. The molecule has 9 heteroatoms. The van der Waals surface area contributed by atoms with Gasteiger partial charge in [-0.2, -0.15) is 0 Å². The van der Waals surface area contributed by atoms with E-state index in [2.05, 4.69) is 10.6 Å². The van der Waals surface area contributed by atoms with Gasteiger partial charge in [-0.25, -0.2) is 4.79 Å². The van der Waals surface area contributed by atoms with E-state index in [0.29, 0.717) is 12.0 Å². The molecule has 0 aliphatic carbocycles. The minimum Gasteiger partial charge on any atom is -0.444 e. The van der Waals surface area contributed by atoms with E-state index in [9.17, 15) is 19.2 Å². The van der Waals surface area contributed by atoms with Crippen molar-refractivity contribution in [2.45, 2.75) is 97.5 Å². The number of alkyl carbamates (subject to hydrolysis) is 1. The number of hydrogen-bond donors (Lipinski definition) is 3. The molecule has 9 nitrogen and oxygen atoms in total. The van der Waals surface area contributed by atoms with Crippen molar-refractivity contribution in [3.63, 3.8) is 0 Å². The fraction of sp³-hybridized carbons (Fsp3) is 0.600. The summed E-state index contributed by atoms with van der Waals surface area (Å²) in [5.74, 6) is -1.74. The molecule has 4 amide bonds. The number of rotatable bonds is 9. The van der Waals surface area contributed by atoms with E-state index in [-0.39, 0.29) is 11.9 Å². The summed E-state index contributed by atoms with van der Waals surface area (Å²) >= 11 is 0. The number of nitrogens with two attached hydrogens (primary N) is 1. The summed E-state index contributed by atoms with van der Waals surface area (Å²) in [4.78, 5) is 52.9. The minimum absolute atomic E-state index is 0.373. The van der Waals surface area contributed by atoms with Gasteiger partial charge in [0.2, 0.25) is 17.7 Å². The van der Waals surface area contributed by atoms with Gasteiger partial charge in [-0.3, -0.25) is 14.4 Å². The SMILES string of the molecule is CCC(C)N(C(=O)C(CC(N)=O)NC(=O)OC(C)(C)C)C(C(=O)NC(C)(C)C)c1ccccc1. The van der Waals surface area contributed by atoms with Crippen LogP contribution in [0.5, 0.6) is 0 Å². The van der Waals surface area contributed by atoms with Crippen molar-refractivity contribution in [2.24, 2.45) is 5.73 Å². The number of nitrogens with one attached hydrogen (secondary N) is 2. The lowest BCUT2D eigenvalue weighted by atomic mass is 9.98. The van der Waals surface area contributed by atoms with E-state index in [4.69, 9.17) is 10.5 Å². The fourth-order valence-electron chi connectivity index (χ4n) is 3.34. The van der Waals surface area contributed by atoms with Gasteiger partial charge in [-0.05, 0) is 60.5 Å². The average molecular weight is 477 g/mol. The first-order valence-electron chi connectivity index (χ1n) is 11.5. The molecule has 0 aromatic heterocycles. The molecular weight excluding hydrogens is 436 g/mol. The maximum atomic E-state index is 13.8. The van der Waals surface area contributed by atoms with Crippen molar-refractivity contribution in [1.82, 2.24) is 15.5 Å². The molecule has 190 valence electrons. The molecule has 0 fully saturated rings. The molecule has 0 saturated carbocycles. The number of nitrogens with zero attached hydrogens (tertiary/aromatic N) is 1. The molecule has 1 aromatic carbocycles. The van der Waals surface area contributed by atoms with Crippen LogP contribution in [0.3, 0.4) is 0 Å². The summed E-state index contributed by atoms with van der Waals surface area (Å²) in [7, 11) is 0. The quantitative estimate of drug-likeness (QED) is 0.504. The highest BCUT2D eigenvalue weighted by atomic mass is 16.6. The lowest BCUT2D eigenvalue weighted by molar-refractivity contribution is -0.146. The van der Waals surface area contributed by atoms with E-state index in [0.717, 1.165) is 0 Å². The van der Waals surface area contributed by atoms with E-state index < -0.39 is 47.6 Å². The Morgan fingerprint density at radius 1 is 1.03 bits per heavy atom. The van der Waals surface area contributed by atoms with Gasteiger partial charge in [0.25, 0.3) is 0 Å². The molecular formula is C25H40N4O5. The van der Waals surface area contributed by atoms with Gasteiger partial charge in [-0.1, -0.05) is 37.3 Å². The first kappa shape index (κ1) is 28.9. The third kappa shape index (κ3) is 9.41. The Bertz CT molecular complexity index is 858. The molecule has 1 rings (SSSR count). The van der Waals surface area contributed by atoms with Gasteiger partial charge in [0, 0.05) is 11.6 Å². The Morgan fingerprint density at radius 3 is 2.03 bits per heavy atom. The maximum Gasteiger partial charge on any atom is 0.408 e. The highest BCUT2D eigenvalue weighted by Crippen LogP contribution is 2.27. The summed E-state index contributed by atoms with van der Waals surface area (Å²) in [5.41, 5.74) is 4.65. The minimum atomic E-state index is -1.30. The molecule has 0 saturated heterocycles. The molecule has 34 heavy (non-hydrogen) atoms. The van der Waals surface area contributed by atoms with Crippen LogP contribution in [0.4, 0.5) is 4.79 Å². The molecule has 1 aromatic rings. The molecule has 0 heterocycles. The van der Waals surface area contributed by atoms with Crippen LogP contribution in [0.1, 0.15) is 79.8 Å². The molecule has 3 atom stereocenters. The van der Waals surface area contributed by atoms with Crippen LogP contribution < -0.4 is 16.4 Å². The first-order valence-corrected chi connectivity index (χ1v) is 11.5. The van der Waals surface area contributed by atoms with Gasteiger partial charge in [0.05, 0.1) is 6.42 Å². The second kappa shape index (κ2) is 11.9. The lowest BCUT2D eigenvalue weighted by Gasteiger charge is -2.39. The van der Waals surface area contributed by atoms with Crippen LogP contribution in [-0.2, 0) is 19.1 Å². The Balaban J connectivity index is 3.50. The second-order valence-electron chi connectivity index (χ2n) is 10.4. The third-order valence-corrected chi connectivity index (χ3v) is 4.85. The first-order chi connectivity index (χ1) is 15.6. The molecule has 0 spiro atoms. The predicted molar refractivity (Wildman–Crippen MR) is 131 cm³/mol. The number of primary amides is 1. The molecule has 0 bridgehead atoms. The number of hydrogen-bond acceptors (Lipinski definition) is 5. The molecule has 0 radical (unpaired) electrons. The van der Waals surface area contributed by atoms with Crippen LogP contribution in [-0.4, -0.2) is 51.9 Å². The molecule has 4 N–H and O–H groups in total. The smallest absolute Gasteiger partial charge is 0.408 e. The van der Waals surface area contributed by atoms with Gasteiger partial charge in [0.1, 0.15) is 17.7 Å². The lowest BCUT2D eigenvalue weighted by Crippen LogP contribution is -2.57. The van der Waals surface area contributed by atoms with E-state index in [1.54, 1.807) is 45.0 Å². The van der Waals surface area contributed by atoms with Crippen LogP contribution in [0.25, 0.3) is 0 Å². The van der Waals surface area contributed by atoms with Crippen LogP contribution in [0.2, 0.25) is 0 Å². The number of amides is 4. The molecule has 0 aliphatic rings.